The summed E-state index contributed by atoms with van der Waals surface area (Å²) in [6.07, 6.45) is 0. The minimum atomic E-state index is -2.95. The summed E-state index contributed by atoms with van der Waals surface area (Å²) < 4.78 is 24.6. The Bertz CT molecular complexity index is 473. The summed E-state index contributed by atoms with van der Waals surface area (Å²) in [6.45, 7) is 0. The van der Waals surface area contributed by atoms with Gasteiger partial charge in [-0.2, -0.15) is 0 Å². The van der Waals surface area contributed by atoms with Gasteiger partial charge < -0.3 is 9.84 Å². The van der Waals surface area contributed by atoms with Gasteiger partial charge in [0.15, 0.2) is 5.69 Å². The number of nitrogens with zero attached hydrogens (tertiary/aromatic N) is 2. The normalized spacial score (nSPS) is 13.6. The van der Waals surface area contributed by atoms with Gasteiger partial charge in [0.25, 0.3) is 5.88 Å². The molecule has 0 aliphatic carbocycles. The molecule has 0 saturated heterocycles. The molecule has 0 atom stereocenters. The van der Waals surface area contributed by atoms with Crippen LogP contribution in [0.4, 0.5) is 5.69 Å². The molecule has 0 bridgehead atoms. The highest BCUT2D eigenvalue weighted by Gasteiger charge is 2.18. The van der Waals surface area contributed by atoms with Gasteiger partial charge in [-0.25, -0.2) is 9.78 Å². The van der Waals surface area contributed by atoms with E-state index < -0.39 is 35.2 Å². The Hall–Kier alpha value is -2.18. The van der Waals surface area contributed by atoms with Crippen molar-refractivity contribution in [3.8, 4) is 5.88 Å². The van der Waals surface area contributed by atoms with E-state index in [1.54, 1.807) is 0 Å². The molecule has 7 heteroatoms. The highest BCUT2D eigenvalue weighted by atomic mass is 16.6. The van der Waals surface area contributed by atoms with Crippen LogP contribution in [0.5, 0.6) is 5.88 Å². The molecule has 0 unspecified atom stereocenters. The summed E-state index contributed by atoms with van der Waals surface area (Å²) in [5.41, 5.74) is -1.26. The second-order valence-corrected chi connectivity index (χ2v) is 2.19. The summed E-state index contributed by atoms with van der Waals surface area (Å²) in [6, 6.07) is 1.70. The Morgan fingerprint density at radius 2 is 2.50 bits per heavy atom. The Morgan fingerprint density at radius 1 is 1.79 bits per heavy atom. The molecule has 1 N–H and O–H groups in total. The number of hydrogen-bond donors (Lipinski definition) is 1. The Labute approximate surface area is 82.3 Å². The van der Waals surface area contributed by atoms with Crippen LogP contribution in [0.3, 0.4) is 0 Å². The van der Waals surface area contributed by atoms with Gasteiger partial charge in [-0.15, -0.1) is 0 Å². The molecular weight excluding hydrogens is 192 g/mol. The number of rotatable bonds is 3. The van der Waals surface area contributed by atoms with E-state index in [0.29, 0.717) is 0 Å². The predicted molar refractivity (Wildman–Crippen MR) is 44.4 cm³/mol. The highest BCUT2D eigenvalue weighted by molar-refractivity contribution is 5.85. The van der Waals surface area contributed by atoms with Gasteiger partial charge in [-0.3, -0.25) is 10.1 Å². The first-order chi connectivity index (χ1) is 7.70. The van der Waals surface area contributed by atoms with Gasteiger partial charge in [0, 0.05) is 6.07 Å². The number of methoxy groups -OCH3 is 1. The summed E-state index contributed by atoms with van der Waals surface area (Å²) in [7, 11) is -2.95. The van der Waals surface area contributed by atoms with Crippen LogP contribution >= 0.6 is 0 Å². The number of carboxylic acids is 1. The Morgan fingerprint density at radius 3 is 3.00 bits per heavy atom. The van der Waals surface area contributed by atoms with Crippen molar-refractivity contribution >= 4 is 11.7 Å². The second kappa shape index (κ2) is 3.69. The van der Waals surface area contributed by atoms with Gasteiger partial charge in [0.2, 0.25) is 0 Å². The van der Waals surface area contributed by atoms with E-state index >= 15 is 0 Å². The lowest BCUT2D eigenvalue weighted by Crippen LogP contribution is -2.03. The standard InChI is InChI=1S/C7H6N2O5/c1-14-6-5(9(12)13)3-2-4(8-6)7(10)11/h2-3H,1H3,(H,10,11)/i1D3. The van der Waals surface area contributed by atoms with Gasteiger partial charge in [0.05, 0.1) is 16.1 Å². The highest BCUT2D eigenvalue weighted by Crippen LogP contribution is 2.23. The number of carboxylic acid groups (broad SMARTS) is 1. The molecule has 0 saturated carbocycles. The molecule has 1 aromatic heterocycles. The summed E-state index contributed by atoms with van der Waals surface area (Å²) >= 11 is 0. The quantitative estimate of drug-likeness (QED) is 0.570. The molecule has 0 fully saturated rings. The van der Waals surface area contributed by atoms with Crippen molar-refractivity contribution in [2.75, 3.05) is 7.04 Å². The maximum Gasteiger partial charge on any atom is 0.354 e. The van der Waals surface area contributed by atoms with Crippen LogP contribution in [0.25, 0.3) is 0 Å². The number of carbonyl (C=O) groups is 1. The maximum absolute atomic E-state index is 10.6. The molecule has 1 aromatic rings. The van der Waals surface area contributed by atoms with E-state index in [9.17, 15) is 14.9 Å². The molecule has 0 aromatic carbocycles. The Balaban J connectivity index is 3.25. The average molecular weight is 201 g/mol. The van der Waals surface area contributed by atoms with Crippen LogP contribution in [0.15, 0.2) is 12.1 Å². The average Bonchev–Trinajstić information content (AvgIpc) is 2.14. The van der Waals surface area contributed by atoms with E-state index in [-0.39, 0.29) is 0 Å². The third-order valence-corrected chi connectivity index (χ3v) is 1.35. The summed E-state index contributed by atoms with van der Waals surface area (Å²) in [5, 5.41) is 19.2. The van der Waals surface area contributed by atoms with E-state index in [1.165, 1.54) is 0 Å². The van der Waals surface area contributed by atoms with Crippen LogP contribution in [0.1, 0.15) is 14.6 Å². The molecule has 0 radical (unpaired) electrons. The van der Waals surface area contributed by atoms with Gasteiger partial charge in [0.1, 0.15) is 0 Å². The molecule has 14 heavy (non-hydrogen) atoms. The third kappa shape index (κ3) is 1.76. The topological polar surface area (TPSA) is 103 Å². The van der Waals surface area contributed by atoms with E-state index in [2.05, 4.69) is 9.72 Å². The largest absolute Gasteiger partial charge is 0.477 e. The van der Waals surface area contributed by atoms with Crippen LogP contribution in [0.2, 0.25) is 0 Å². The summed E-state index contributed by atoms with van der Waals surface area (Å²) in [5.74, 6) is -2.30. The molecule has 74 valence electrons. The van der Waals surface area contributed by atoms with Crippen LogP contribution < -0.4 is 4.74 Å². The predicted octanol–water partition coefficient (Wildman–Crippen LogP) is 0.697. The number of nitro groups is 1. The van der Waals surface area contributed by atoms with Crippen molar-refractivity contribution in [1.82, 2.24) is 4.98 Å². The van der Waals surface area contributed by atoms with Crippen molar-refractivity contribution in [2.45, 2.75) is 0 Å². The second-order valence-electron chi connectivity index (χ2n) is 2.19. The number of ether oxygens (including phenoxy) is 1. The molecule has 1 heterocycles. The van der Waals surface area contributed by atoms with Crippen LogP contribution in [-0.2, 0) is 0 Å². The zero-order chi connectivity index (χ0) is 13.2. The molecule has 0 amide bonds. The lowest BCUT2D eigenvalue weighted by molar-refractivity contribution is -0.386. The van der Waals surface area contributed by atoms with E-state index in [1.807, 2.05) is 0 Å². The van der Waals surface area contributed by atoms with Crippen molar-refractivity contribution in [3.05, 3.63) is 27.9 Å². The molecular formula is C7H6N2O5. The van der Waals surface area contributed by atoms with Crippen molar-refractivity contribution in [1.29, 1.82) is 0 Å². The first-order valence-corrected chi connectivity index (χ1v) is 3.28. The van der Waals surface area contributed by atoms with Crippen molar-refractivity contribution in [2.24, 2.45) is 0 Å². The lowest BCUT2D eigenvalue weighted by Gasteiger charge is -2.00. The fourth-order valence-electron chi connectivity index (χ4n) is 0.766. The zero-order valence-electron chi connectivity index (χ0n) is 9.63. The van der Waals surface area contributed by atoms with E-state index in [4.69, 9.17) is 9.22 Å². The number of aromatic carboxylic acids is 1. The number of hydrogen-bond acceptors (Lipinski definition) is 5. The number of aromatic nitrogens is 1. The third-order valence-electron chi connectivity index (χ3n) is 1.35. The molecule has 0 aliphatic rings. The zero-order valence-corrected chi connectivity index (χ0v) is 6.63. The van der Waals surface area contributed by atoms with Gasteiger partial charge >= 0.3 is 11.7 Å². The van der Waals surface area contributed by atoms with Crippen LogP contribution in [0, 0.1) is 10.1 Å². The van der Waals surface area contributed by atoms with Crippen molar-refractivity contribution < 1.29 is 23.7 Å². The summed E-state index contributed by atoms with van der Waals surface area (Å²) in [4.78, 5) is 23.5. The first kappa shape index (κ1) is 6.30. The lowest BCUT2D eigenvalue weighted by atomic mass is 10.3. The van der Waals surface area contributed by atoms with E-state index in [0.717, 1.165) is 12.1 Å². The fraction of sp³-hybridized carbons (Fsp3) is 0.143. The van der Waals surface area contributed by atoms with Crippen molar-refractivity contribution in [3.63, 3.8) is 0 Å². The molecule has 1 rings (SSSR count). The molecule has 0 aliphatic heterocycles. The first-order valence-electron chi connectivity index (χ1n) is 4.78. The molecule has 0 spiro atoms. The van der Waals surface area contributed by atoms with Gasteiger partial charge in [-0.1, -0.05) is 0 Å². The van der Waals surface area contributed by atoms with Crippen LogP contribution in [-0.4, -0.2) is 28.0 Å². The minimum absolute atomic E-state index is 0.546. The molecule has 7 nitrogen and oxygen atoms in total. The minimum Gasteiger partial charge on any atom is -0.477 e. The number of pyridine rings is 1. The fourth-order valence-corrected chi connectivity index (χ4v) is 0.766. The SMILES string of the molecule is [2H]C([2H])([2H])Oc1nc(C(=O)O)ccc1[N+](=O)[O-]. The Kier molecular flexibility index (Phi) is 1.66. The maximum atomic E-state index is 10.6. The smallest absolute Gasteiger partial charge is 0.354 e. The monoisotopic (exact) mass is 201 g/mol. The van der Waals surface area contributed by atoms with Gasteiger partial charge in [-0.05, 0) is 6.07 Å².